The Hall–Kier alpha value is -1.78. The number of nitrogen functional groups attached to an aromatic ring is 1. The molecule has 1 aromatic carbocycles. The van der Waals surface area contributed by atoms with Crippen molar-refractivity contribution < 1.29 is 13.9 Å². The van der Waals surface area contributed by atoms with Crippen LogP contribution in [0.4, 0.5) is 14.9 Å². The maximum atomic E-state index is 13.8. The third-order valence-electron chi connectivity index (χ3n) is 4.73. The highest BCUT2D eigenvalue weighted by Crippen LogP contribution is 2.53. The fourth-order valence-corrected chi connectivity index (χ4v) is 3.83. The predicted octanol–water partition coefficient (Wildman–Crippen LogP) is 3.60. The van der Waals surface area contributed by atoms with E-state index in [1.54, 1.807) is 17.0 Å². The van der Waals surface area contributed by atoms with E-state index >= 15 is 0 Å². The van der Waals surface area contributed by atoms with Crippen LogP contribution in [0.1, 0.15) is 39.2 Å². The lowest BCUT2D eigenvalue weighted by Crippen LogP contribution is -2.64. The number of hydrogen-bond donors (Lipinski definition) is 1. The minimum absolute atomic E-state index is 0.213. The number of amides is 1. The van der Waals surface area contributed by atoms with Crippen molar-refractivity contribution in [2.45, 2.75) is 45.6 Å². The van der Waals surface area contributed by atoms with Gasteiger partial charge in [0.15, 0.2) is 0 Å². The Morgan fingerprint density at radius 1 is 1.39 bits per heavy atom. The average molecular weight is 320 g/mol. The quantitative estimate of drug-likeness (QED) is 0.847. The van der Waals surface area contributed by atoms with Crippen LogP contribution in [0.15, 0.2) is 18.2 Å². The number of likely N-dealkylation sites (tertiary alicyclic amines) is 1. The predicted molar refractivity (Wildman–Crippen MR) is 87.5 cm³/mol. The maximum absolute atomic E-state index is 13.8. The molecule has 1 saturated carbocycles. The van der Waals surface area contributed by atoms with Crippen LogP contribution in [-0.2, 0) is 11.2 Å². The van der Waals surface area contributed by atoms with Gasteiger partial charge in [0.05, 0.1) is 0 Å². The minimum atomic E-state index is -0.450. The van der Waals surface area contributed by atoms with E-state index in [0.29, 0.717) is 11.6 Å². The molecule has 4 nitrogen and oxygen atoms in total. The van der Waals surface area contributed by atoms with E-state index in [4.69, 9.17) is 10.5 Å². The van der Waals surface area contributed by atoms with Crippen LogP contribution in [0.2, 0.25) is 0 Å². The summed E-state index contributed by atoms with van der Waals surface area (Å²) in [5.41, 5.74) is 6.57. The molecule has 2 N–H and O–H groups in total. The van der Waals surface area contributed by atoms with E-state index in [-0.39, 0.29) is 17.3 Å². The zero-order valence-electron chi connectivity index (χ0n) is 14.1. The lowest BCUT2D eigenvalue weighted by molar-refractivity contribution is -0.0948. The molecular formula is C18H25FN2O2. The van der Waals surface area contributed by atoms with Gasteiger partial charge in [-0.2, -0.15) is 0 Å². The number of carbonyl (C=O) groups excluding carboxylic acids is 1. The number of hydrogen-bond acceptors (Lipinski definition) is 3. The molecule has 1 heterocycles. The fourth-order valence-electron chi connectivity index (χ4n) is 3.83. The molecule has 1 aliphatic heterocycles. The van der Waals surface area contributed by atoms with Crippen LogP contribution in [0.25, 0.3) is 0 Å². The molecule has 23 heavy (non-hydrogen) atoms. The molecule has 0 unspecified atom stereocenters. The molecule has 1 aliphatic carbocycles. The number of halogens is 1. The molecule has 2 aliphatic rings. The van der Waals surface area contributed by atoms with Crippen molar-refractivity contribution in [2.24, 2.45) is 11.3 Å². The number of rotatable bonds is 2. The first kappa shape index (κ1) is 16.1. The highest BCUT2D eigenvalue weighted by Gasteiger charge is 2.54. The second kappa shape index (κ2) is 5.39. The van der Waals surface area contributed by atoms with Crippen molar-refractivity contribution in [3.8, 4) is 0 Å². The number of benzene rings is 1. The maximum Gasteiger partial charge on any atom is 0.410 e. The lowest BCUT2D eigenvalue weighted by Gasteiger charge is -2.59. The molecule has 0 radical (unpaired) electrons. The van der Waals surface area contributed by atoms with Crippen LogP contribution >= 0.6 is 0 Å². The molecule has 0 bridgehead atoms. The van der Waals surface area contributed by atoms with Gasteiger partial charge in [0.1, 0.15) is 11.4 Å². The van der Waals surface area contributed by atoms with Gasteiger partial charge in [-0.3, -0.25) is 0 Å². The third-order valence-corrected chi connectivity index (χ3v) is 4.73. The molecule has 3 rings (SSSR count). The number of anilines is 1. The standard InChI is InChI=1S/C18H25FN2O2/c1-17(2,3)23-16(22)21-10-18(11-21)8-12(9-18)6-13-4-5-14(20)7-15(13)19/h4-5,7,12H,6,8-11,20H2,1-3H3. The van der Waals surface area contributed by atoms with E-state index in [1.165, 1.54) is 6.07 Å². The summed E-state index contributed by atoms with van der Waals surface area (Å²) >= 11 is 0. The molecule has 1 amide bonds. The smallest absolute Gasteiger partial charge is 0.410 e. The topological polar surface area (TPSA) is 55.6 Å². The van der Waals surface area contributed by atoms with Gasteiger partial charge in [0, 0.05) is 24.2 Å². The van der Waals surface area contributed by atoms with Crippen molar-refractivity contribution in [3.63, 3.8) is 0 Å². The second-order valence-corrected chi connectivity index (χ2v) is 8.17. The Morgan fingerprint density at radius 2 is 2.04 bits per heavy atom. The minimum Gasteiger partial charge on any atom is -0.444 e. The highest BCUT2D eigenvalue weighted by atomic mass is 19.1. The van der Waals surface area contributed by atoms with Crippen molar-refractivity contribution >= 4 is 11.8 Å². The van der Waals surface area contributed by atoms with E-state index < -0.39 is 5.60 Å². The molecule has 0 aromatic heterocycles. The summed E-state index contributed by atoms with van der Waals surface area (Å²) in [6.07, 6.45) is 2.63. The molecular weight excluding hydrogens is 295 g/mol. The van der Waals surface area contributed by atoms with Crippen LogP contribution in [0.5, 0.6) is 0 Å². The number of nitrogens with two attached hydrogens (primary N) is 1. The van der Waals surface area contributed by atoms with Gasteiger partial charge in [-0.15, -0.1) is 0 Å². The van der Waals surface area contributed by atoms with Gasteiger partial charge in [0.25, 0.3) is 0 Å². The molecule has 0 atom stereocenters. The summed E-state index contributed by atoms with van der Waals surface area (Å²) in [6, 6.07) is 4.92. The molecule has 1 spiro atoms. The molecule has 5 heteroatoms. The molecule has 1 aromatic rings. The Bertz CT molecular complexity index is 610. The first-order valence-corrected chi connectivity index (χ1v) is 8.18. The normalized spacial score (nSPS) is 20.1. The first-order valence-electron chi connectivity index (χ1n) is 8.18. The van der Waals surface area contributed by atoms with Gasteiger partial charge < -0.3 is 15.4 Å². The zero-order chi connectivity index (χ0) is 16.8. The van der Waals surface area contributed by atoms with Crippen molar-refractivity contribution in [1.82, 2.24) is 4.90 Å². The number of nitrogens with zero attached hydrogens (tertiary/aromatic N) is 1. The van der Waals surface area contributed by atoms with Crippen LogP contribution in [-0.4, -0.2) is 29.7 Å². The van der Waals surface area contributed by atoms with Crippen molar-refractivity contribution in [3.05, 3.63) is 29.6 Å². The zero-order valence-corrected chi connectivity index (χ0v) is 14.1. The van der Waals surface area contributed by atoms with Crippen LogP contribution in [0.3, 0.4) is 0 Å². The van der Waals surface area contributed by atoms with Crippen molar-refractivity contribution in [2.75, 3.05) is 18.8 Å². The van der Waals surface area contributed by atoms with E-state index in [0.717, 1.165) is 37.9 Å². The van der Waals surface area contributed by atoms with E-state index in [2.05, 4.69) is 0 Å². The summed E-state index contributed by atoms with van der Waals surface area (Å²) in [4.78, 5) is 13.7. The third kappa shape index (κ3) is 3.43. The van der Waals surface area contributed by atoms with Gasteiger partial charge in [-0.05, 0) is 63.6 Å². The molecule has 1 saturated heterocycles. The number of carbonyl (C=O) groups is 1. The Kier molecular flexibility index (Phi) is 3.77. The van der Waals surface area contributed by atoms with Gasteiger partial charge in [-0.25, -0.2) is 9.18 Å². The van der Waals surface area contributed by atoms with Crippen molar-refractivity contribution in [1.29, 1.82) is 0 Å². The Labute approximate surface area is 136 Å². The van der Waals surface area contributed by atoms with Gasteiger partial charge in [0.2, 0.25) is 0 Å². The summed E-state index contributed by atoms with van der Waals surface area (Å²) in [5, 5.41) is 0. The summed E-state index contributed by atoms with van der Waals surface area (Å²) in [6.45, 7) is 7.16. The summed E-state index contributed by atoms with van der Waals surface area (Å²) in [7, 11) is 0. The lowest BCUT2D eigenvalue weighted by atomic mass is 9.56. The average Bonchev–Trinajstić information content (AvgIpc) is 2.30. The van der Waals surface area contributed by atoms with Gasteiger partial charge in [-0.1, -0.05) is 6.07 Å². The van der Waals surface area contributed by atoms with Crippen LogP contribution in [0, 0.1) is 17.2 Å². The van der Waals surface area contributed by atoms with E-state index in [9.17, 15) is 9.18 Å². The van der Waals surface area contributed by atoms with E-state index in [1.807, 2.05) is 20.8 Å². The summed E-state index contributed by atoms with van der Waals surface area (Å²) in [5.74, 6) is 0.281. The van der Waals surface area contributed by atoms with Gasteiger partial charge >= 0.3 is 6.09 Å². The monoisotopic (exact) mass is 320 g/mol. The first-order chi connectivity index (χ1) is 10.7. The SMILES string of the molecule is CC(C)(C)OC(=O)N1CC2(CC(Cc3ccc(N)cc3F)C2)C1. The summed E-state index contributed by atoms with van der Waals surface area (Å²) < 4.78 is 19.2. The molecule has 126 valence electrons. The largest absolute Gasteiger partial charge is 0.444 e. The Morgan fingerprint density at radius 3 is 2.61 bits per heavy atom. The fraction of sp³-hybridized carbons (Fsp3) is 0.611. The van der Waals surface area contributed by atoms with Crippen LogP contribution < -0.4 is 5.73 Å². The Balaban J connectivity index is 1.46. The number of ether oxygens (including phenoxy) is 1. The highest BCUT2D eigenvalue weighted by molar-refractivity contribution is 5.69. The molecule has 2 fully saturated rings. The second-order valence-electron chi connectivity index (χ2n) is 8.17.